The molecule has 17 heteroatoms. The van der Waals surface area contributed by atoms with E-state index in [-0.39, 0.29) is 0 Å². The van der Waals surface area contributed by atoms with Gasteiger partial charge in [-0.25, -0.2) is 0 Å². The van der Waals surface area contributed by atoms with Gasteiger partial charge >= 0.3 is 0 Å². The Hall–Kier alpha value is 6.32. The molecule has 0 rings (SSSR count). The molecular formula is C6H14Br11NSi5. The van der Waals surface area contributed by atoms with Crippen LogP contribution in [0, 0.1) is 0 Å². The molecule has 0 bridgehead atoms. The average molecular weight is 1120 g/mol. The van der Waals surface area contributed by atoms with Gasteiger partial charge in [0.05, 0.1) is 0 Å². The highest BCUT2D eigenvalue weighted by Crippen LogP contribution is 2.62. The molecule has 0 unspecified atom stereocenters. The standard InChI is InChI=1S/C6H14Br11NSi5/c1-5(2)18(6(3)4)20(10,11)22(14,15)23(16,17)21(12,13)19(7,8)9/h5-6H,1-4H3. The first-order valence-electron chi connectivity index (χ1n) is 6.13. The third-order valence-electron chi connectivity index (χ3n) is 2.96. The molecule has 0 amide bonds. The molecule has 0 heterocycles. The molecule has 0 aromatic carbocycles. The van der Waals surface area contributed by atoms with Crippen LogP contribution in [0.3, 0.4) is 0 Å². The van der Waals surface area contributed by atoms with E-state index >= 15 is 0 Å². The molecule has 0 aliphatic heterocycles. The summed E-state index contributed by atoms with van der Waals surface area (Å²) in [6.45, 7) is 8.97. The van der Waals surface area contributed by atoms with Gasteiger partial charge in [0, 0.05) is 0 Å². The normalized spacial score (nSPS) is 15.9. The highest BCUT2D eigenvalue weighted by molar-refractivity contribution is 9.87. The van der Waals surface area contributed by atoms with Crippen LogP contribution in [0.15, 0.2) is 0 Å². The Balaban J connectivity index is 6.23. The molecule has 0 N–H and O–H groups in total. The van der Waals surface area contributed by atoms with Crippen LogP contribution >= 0.6 is 168 Å². The Morgan fingerprint density at radius 3 is 1.04 bits per heavy atom. The maximum atomic E-state index is 4.17. The van der Waals surface area contributed by atoms with Crippen molar-refractivity contribution in [2.24, 2.45) is 0 Å². The van der Waals surface area contributed by atoms with Crippen LogP contribution in [0.1, 0.15) is 27.7 Å². The first kappa shape index (κ1) is 29.3. The zero-order valence-corrected chi connectivity index (χ0v) is 34.7. The second-order valence-electron chi connectivity index (χ2n) is 5.36. The zero-order chi connectivity index (χ0) is 19.2. The topological polar surface area (TPSA) is 3.24 Å². The Morgan fingerprint density at radius 1 is 0.522 bits per heavy atom. The van der Waals surface area contributed by atoms with Gasteiger partial charge in [0.1, 0.15) is 0 Å². The fourth-order valence-corrected chi connectivity index (χ4v) is 303. The van der Waals surface area contributed by atoms with E-state index in [1.807, 2.05) is 0 Å². The van der Waals surface area contributed by atoms with E-state index in [4.69, 9.17) is 0 Å². The molecule has 0 saturated heterocycles. The molecule has 0 aromatic heterocycles. The summed E-state index contributed by atoms with van der Waals surface area (Å²) in [6.07, 6.45) is 0. The van der Waals surface area contributed by atoms with Crippen molar-refractivity contribution >= 4 is 190 Å². The van der Waals surface area contributed by atoms with Gasteiger partial charge in [-0.05, 0) is 12.1 Å². The third-order valence-corrected chi connectivity index (χ3v) is 264. The van der Waals surface area contributed by atoms with Crippen LogP contribution in [0.2, 0.25) is 0 Å². The van der Waals surface area contributed by atoms with Gasteiger partial charge in [0.25, 0.3) is 8.44 Å². The average Bonchev–Trinajstić information content (AvgIpc) is 2.24. The third kappa shape index (κ3) is 6.19. The van der Waals surface area contributed by atoms with Crippen LogP contribution in [0.25, 0.3) is 0 Å². The molecule has 0 atom stereocenters. The van der Waals surface area contributed by atoms with Crippen molar-refractivity contribution in [3.8, 4) is 0 Å². The molecule has 140 valence electrons. The lowest BCUT2D eigenvalue weighted by Crippen LogP contribution is -2.78. The summed E-state index contributed by atoms with van der Waals surface area (Å²) < 4.78 is -5.86. The van der Waals surface area contributed by atoms with Crippen LogP contribution in [-0.4, -0.2) is 38.1 Å². The number of rotatable bonds is 7. The van der Waals surface area contributed by atoms with Crippen LogP contribution in [0.4, 0.5) is 0 Å². The lowest BCUT2D eigenvalue weighted by atomic mass is 10.3. The minimum absolute atomic E-state index is 0.424. The van der Waals surface area contributed by atoms with E-state index in [2.05, 4.69) is 200 Å². The van der Waals surface area contributed by atoms with Gasteiger partial charge in [-0.15, -0.1) is 91.8 Å². The van der Waals surface area contributed by atoms with E-state index in [1.54, 1.807) is 0 Å². The van der Waals surface area contributed by atoms with Crippen LogP contribution < -0.4 is 0 Å². The van der Waals surface area contributed by atoms with Crippen molar-refractivity contribution in [3.63, 3.8) is 0 Å². The highest BCUT2D eigenvalue weighted by atomic mass is 80.0. The monoisotopic (exact) mass is 1110 g/mol. The van der Waals surface area contributed by atoms with E-state index in [0.717, 1.165) is 0 Å². The first-order chi connectivity index (χ1) is 9.76. The predicted molar refractivity (Wildman–Crippen MR) is 159 cm³/mol. The SMILES string of the molecule is CC(C)N(C(C)C)[Si](Br)(Br)[Si](Br)(Br)[Si](Br)(Br)[Si](Br)(Br)[Si](Br)(Br)Br. The van der Waals surface area contributed by atoms with Gasteiger partial charge in [0.2, 0.25) is 13.0 Å². The highest BCUT2D eigenvalue weighted by Gasteiger charge is 2.77. The molecule has 0 saturated carbocycles. The van der Waals surface area contributed by atoms with E-state index < -0.39 is 21.5 Å². The van der Waals surface area contributed by atoms with Gasteiger partial charge in [0.15, 0.2) is 0 Å². The van der Waals surface area contributed by atoms with Crippen molar-refractivity contribution in [1.82, 2.24) is 4.57 Å². The van der Waals surface area contributed by atoms with Gasteiger partial charge in [-0.2, -0.15) is 0 Å². The van der Waals surface area contributed by atoms with Crippen molar-refractivity contribution in [2.45, 2.75) is 39.8 Å². The molecule has 0 spiro atoms. The predicted octanol–water partition coefficient (Wildman–Crippen LogP) is 8.97. The Bertz CT molecular complexity index is 414. The van der Waals surface area contributed by atoms with Crippen molar-refractivity contribution in [1.29, 1.82) is 0 Å². The van der Waals surface area contributed by atoms with Crippen molar-refractivity contribution in [3.05, 3.63) is 0 Å². The molecule has 0 fully saturated rings. The fourth-order valence-electron chi connectivity index (χ4n) is 1.97. The quantitative estimate of drug-likeness (QED) is 0.182. The van der Waals surface area contributed by atoms with Crippen molar-refractivity contribution in [2.75, 3.05) is 0 Å². The molecule has 0 aliphatic rings. The Labute approximate surface area is 229 Å². The lowest BCUT2D eigenvalue weighted by Gasteiger charge is -2.51. The summed E-state index contributed by atoms with van der Waals surface area (Å²) in [6, 6.07) is 0.848. The molecule has 0 radical (unpaired) electrons. The summed E-state index contributed by atoms with van der Waals surface area (Å²) in [4.78, 5) is -2.18. The minimum atomic E-state index is -2.18. The van der Waals surface area contributed by atoms with Gasteiger partial charge in [-0.1, -0.05) is 104 Å². The van der Waals surface area contributed by atoms with E-state index in [0.29, 0.717) is 12.1 Å². The summed E-state index contributed by atoms with van der Waals surface area (Å²) in [5.74, 6) is 0. The largest absolute Gasteiger partial charge is 0.303 e. The van der Waals surface area contributed by atoms with Crippen LogP contribution in [0.5, 0.6) is 0 Å². The maximum Gasteiger partial charge on any atom is 0.282 e. The number of hydrogen-bond acceptors (Lipinski definition) is 1. The fraction of sp³-hybridized carbons (Fsp3) is 1.00. The molecule has 1 nitrogen and oxygen atoms in total. The van der Waals surface area contributed by atoms with Crippen molar-refractivity contribution < 1.29 is 0 Å². The molecular weight excluding hydrogens is 1110 g/mol. The number of halogens is 11. The molecule has 0 aliphatic carbocycles. The Kier molecular flexibility index (Phi) is 13.1. The number of hydrogen-bond donors (Lipinski definition) is 0. The second kappa shape index (κ2) is 10.3. The van der Waals surface area contributed by atoms with Gasteiger partial charge in [-0.3, -0.25) is 0 Å². The second-order valence-corrected chi connectivity index (χ2v) is 132. The van der Waals surface area contributed by atoms with Crippen LogP contribution in [-0.2, 0) is 0 Å². The summed E-state index contributed by atoms with van der Waals surface area (Å²) in [5.41, 5.74) is 0. The minimum Gasteiger partial charge on any atom is -0.303 e. The smallest absolute Gasteiger partial charge is 0.282 e. The summed E-state index contributed by atoms with van der Waals surface area (Å²) >= 11 is 44.6. The zero-order valence-electron chi connectivity index (χ0n) is 12.3. The number of nitrogens with zero attached hydrogens (tertiary/aromatic N) is 1. The molecule has 23 heavy (non-hydrogen) atoms. The van der Waals surface area contributed by atoms with E-state index in [9.17, 15) is 0 Å². The van der Waals surface area contributed by atoms with Gasteiger partial charge < -0.3 is 4.57 Å². The van der Waals surface area contributed by atoms with E-state index in [1.165, 1.54) is 0 Å². The summed E-state index contributed by atoms with van der Waals surface area (Å²) in [5, 5.41) is 0. The lowest BCUT2D eigenvalue weighted by molar-refractivity contribution is 0.313. The molecule has 0 aromatic rings. The summed E-state index contributed by atoms with van der Waals surface area (Å²) in [7, 11) is 0. The Morgan fingerprint density at radius 2 is 0.826 bits per heavy atom. The maximum absolute atomic E-state index is 4.17. The first-order valence-corrected chi connectivity index (χ1v) is 44.9.